The van der Waals surface area contributed by atoms with Gasteiger partial charge in [0.25, 0.3) is 0 Å². The van der Waals surface area contributed by atoms with Crippen LogP contribution < -0.4 is 14.4 Å². The van der Waals surface area contributed by atoms with Crippen LogP contribution in [-0.4, -0.2) is 25.4 Å². The highest BCUT2D eigenvalue weighted by molar-refractivity contribution is 8.00. The number of amides is 1. The summed E-state index contributed by atoms with van der Waals surface area (Å²) in [5.41, 5.74) is 1.85. The predicted molar refractivity (Wildman–Crippen MR) is 98.3 cm³/mol. The molecule has 1 saturated heterocycles. The van der Waals surface area contributed by atoms with Crippen molar-refractivity contribution in [2.24, 2.45) is 0 Å². The molecule has 0 saturated carbocycles. The summed E-state index contributed by atoms with van der Waals surface area (Å²) in [6, 6.07) is 13.1. The minimum Gasteiger partial charge on any atom is -0.493 e. The maximum absolute atomic E-state index is 12.4. The second-order valence-electron chi connectivity index (χ2n) is 5.25. The van der Waals surface area contributed by atoms with Gasteiger partial charge in [-0.3, -0.25) is 9.69 Å². The Morgan fingerprint density at radius 1 is 1.21 bits per heavy atom. The number of carbonyl (C=O) groups is 1. The first-order valence-electron chi connectivity index (χ1n) is 7.64. The van der Waals surface area contributed by atoms with E-state index in [0.717, 1.165) is 11.3 Å². The maximum Gasteiger partial charge on any atom is 0.238 e. The van der Waals surface area contributed by atoms with E-state index in [4.69, 9.17) is 21.1 Å². The molecule has 24 heavy (non-hydrogen) atoms. The summed E-state index contributed by atoms with van der Waals surface area (Å²) >= 11 is 7.56. The van der Waals surface area contributed by atoms with Crippen LogP contribution in [-0.2, 0) is 4.79 Å². The lowest BCUT2D eigenvalue weighted by Crippen LogP contribution is -2.27. The van der Waals surface area contributed by atoms with Crippen molar-refractivity contribution < 1.29 is 14.3 Å². The molecule has 1 amide bonds. The Labute approximate surface area is 150 Å². The summed E-state index contributed by atoms with van der Waals surface area (Å²) in [4.78, 5) is 14.2. The Morgan fingerprint density at radius 2 is 1.96 bits per heavy atom. The average molecular weight is 364 g/mol. The molecule has 0 bridgehead atoms. The van der Waals surface area contributed by atoms with Crippen molar-refractivity contribution in [1.29, 1.82) is 0 Å². The van der Waals surface area contributed by atoms with Crippen molar-refractivity contribution >= 4 is 35.0 Å². The fourth-order valence-corrected chi connectivity index (χ4v) is 3.96. The first-order valence-corrected chi connectivity index (χ1v) is 9.06. The van der Waals surface area contributed by atoms with Crippen molar-refractivity contribution in [2.75, 3.05) is 24.4 Å². The number of carbonyl (C=O) groups excluding carboxylic acids is 1. The lowest BCUT2D eigenvalue weighted by atomic mass is 10.1. The Morgan fingerprint density at radius 3 is 2.62 bits per heavy atom. The highest BCUT2D eigenvalue weighted by Crippen LogP contribution is 2.44. The molecule has 0 unspecified atom stereocenters. The van der Waals surface area contributed by atoms with Gasteiger partial charge in [-0.05, 0) is 48.9 Å². The van der Waals surface area contributed by atoms with E-state index < -0.39 is 0 Å². The van der Waals surface area contributed by atoms with E-state index in [1.165, 1.54) is 0 Å². The minimum absolute atomic E-state index is 0.0844. The maximum atomic E-state index is 12.4. The molecule has 1 heterocycles. The lowest BCUT2D eigenvalue weighted by molar-refractivity contribution is -0.115. The number of halogens is 1. The molecule has 1 fully saturated rings. The van der Waals surface area contributed by atoms with E-state index in [9.17, 15) is 4.79 Å². The Bertz CT molecular complexity index is 736. The van der Waals surface area contributed by atoms with Crippen molar-refractivity contribution in [3.63, 3.8) is 0 Å². The Kier molecular flexibility index (Phi) is 5.21. The van der Waals surface area contributed by atoms with Gasteiger partial charge in [-0.25, -0.2) is 0 Å². The fourth-order valence-electron chi connectivity index (χ4n) is 2.67. The van der Waals surface area contributed by atoms with Gasteiger partial charge in [-0.2, -0.15) is 0 Å². The number of benzene rings is 2. The van der Waals surface area contributed by atoms with Gasteiger partial charge in [0.05, 0.1) is 19.5 Å². The third-order valence-corrected chi connectivity index (χ3v) is 5.21. The second-order valence-corrected chi connectivity index (χ2v) is 6.75. The van der Waals surface area contributed by atoms with Gasteiger partial charge < -0.3 is 9.47 Å². The third kappa shape index (κ3) is 3.32. The normalized spacial score (nSPS) is 17.2. The molecule has 2 aromatic carbocycles. The lowest BCUT2D eigenvalue weighted by Gasteiger charge is -2.25. The second kappa shape index (κ2) is 7.36. The summed E-state index contributed by atoms with van der Waals surface area (Å²) in [6.07, 6.45) is 0. The topological polar surface area (TPSA) is 38.8 Å². The van der Waals surface area contributed by atoms with Crippen LogP contribution in [0.1, 0.15) is 17.9 Å². The van der Waals surface area contributed by atoms with E-state index in [-0.39, 0.29) is 11.3 Å². The molecule has 0 N–H and O–H groups in total. The first-order chi connectivity index (χ1) is 11.6. The van der Waals surface area contributed by atoms with E-state index >= 15 is 0 Å². The average Bonchev–Trinajstić information content (AvgIpc) is 2.97. The molecule has 3 rings (SSSR count). The van der Waals surface area contributed by atoms with Gasteiger partial charge in [-0.1, -0.05) is 17.7 Å². The number of thioether (sulfide) groups is 1. The number of methoxy groups -OCH3 is 1. The SMILES string of the molecule is CCOc1cc([C@H]2SCC(=O)N2c2ccc(Cl)cc2)ccc1OC. The minimum atomic E-state index is -0.0937. The number of ether oxygens (including phenoxy) is 2. The number of nitrogens with zero attached hydrogens (tertiary/aromatic N) is 1. The molecule has 0 aliphatic carbocycles. The zero-order chi connectivity index (χ0) is 17.1. The molecule has 6 heteroatoms. The van der Waals surface area contributed by atoms with E-state index in [1.54, 1.807) is 35.9 Å². The quantitative estimate of drug-likeness (QED) is 0.782. The standard InChI is InChI=1S/C18H18ClNO3S/c1-3-23-16-10-12(4-9-15(16)22-2)18-20(17(21)11-24-18)14-7-5-13(19)6-8-14/h4-10,18H,3,11H2,1-2H3/t18-/m1/s1. The van der Waals surface area contributed by atoms with Crippen molar-refractivity contribution in [3.05, 3.63) is 53.1 Å². The molecule has 0 aromatic heterocycles. The third-order valence-electron chi connectivity index (χ3n) is 3.75. The molecule has 1 aliphatic heterocycles. The van der Waals surface area contributed by atoms with Crippen LogP contribution in [0.25, 0.3) is 0 Å². The number of anilines is 1. The molecule has 0 spiro atoms. The molecule has 4 nitrogen and oxygen atoms in total. The van der Waals surface area contributed by atoms with Crippen LogP contribution in [0.15, 0.2) is 42.5 Å². The van der Waals surface area contributed by atoms with Crippen LogP contribution in [0.3, 0.4) is 0 Å². The molecular weight excluding hydrogens is 346 g/mol. The van der Waals surface area contributed by atoms with Gasteiger partial charge >= 0.3 is 0 Å². The van der Waals surface area contributed by atoms with Gasteiger partial charge in [0.2, 0.25) is 5.91 Å². The largest absolute Gasteiger partial charge is 0.493 e. The zero-order valence-corrected chi connectivity index (χ0v) is 15.1. The van der Waals surface area contributed by atoms with Crippen LogP contribution >= 0.6 is 23.4 Å². The molecule has 1 atom stereocenters. The van der Waals surface area contributed by atoms with E-state index in [2.05, 4.69) is 0 Å². The van der Waals surface area contributed by atoms with E-state index in [1.807, 2.05) is 37.3 Å². The van der Waals surface area contributed by atoms with Crippen LogP contribution in [0.4, 0.5) is 5.69 Å². The molecular formula is C18H18ClNO3S. The van der Waals surface area contributed by atoms with Gasteiger partial charge in [-0.15, -0.1) is 11.8 Å². The molecule has 0 radical (unpaired) electrons. The summed E-state index contributed by atoms with van der Waals surface area (Å²) in [7, 11) is 1.62. The van der Waals surface area contributed by atoms with Crippen molar-refractivity contribution in [1.82, 2.24) is 0 Å². The number of hydrogen-bond acceptors (Lipinski definition) is 4. The van der Waals surface area contributed by atoms with Crippen molar-refractivity contribution in [3.8, 4) is 11.5 Å². The first kappa shape index (κ1) is 17.0. The smallest absolute Gasteiger partial charge is 0.238 e. The fraction of sp³-hybridized carbons (Fsp3) is 0.278. The summed E-state index contributed by atoms with van der Waals surface area (Å²) in [5, 5.41) is 0.557. The Hall–Kier alpha value is -1.85. The monoisotopic (exact) mass is 363 g/mol. The zero-order valence-electron chi connectivity index (χ0n) is 13.5. The van der Waals surface area contributed by atoms with Gasteiger partial charge in [0, 0.05) is 10.7 Å². The highest BCUT2D eigenvalue weighted by Gasteiger charge is 2.34. The van der Waals surface area contributed by atoms with Gasteiger partial charge in [0.1, 0.15) is 5.37 Å². The van der Waals surface area contributed by atoms with E-state index in [0.29, 0.717) is 28.9 Å². The summed E-state index contributed by atoms with van der Waals surface area (Å²) in [6.45, 7) is 2.48. The predicted octanol–water partition coefficient (Wildman–Crippen LogP) is 4.53. The summed E-state index contributed by atoms with van der Waals surface area (Å²) in [5.74, 6) is 1.91. The molecule has 2 aromatic rings. The van der Waals surface area contributed by atoms with Crippen LogP contribution in [0, 0.1) is 0 Å². The number of hydrogen-bond donors (Lipinski definition) is 0. The van der Waals surface area contributed by atoms with Crippen molar-refractivity contribution in [2.45, 2.75) is 12.3 Å². The number of rotatable bonds is 5. The van der Waals surface area contributed by atoms with Crippen LogP contribution in [0.2, 0.25) is 5.02 Å². The Balaban J connectivity index is 1.96. The highest BCUT2D eigenvalue weighted by atomic mass is 35.5. The van der Waals surface area contributed by atoms with Gasteiger partial charge in [0.15, 0.2) is 11.5 Å². The summed E-state index contributed by atoms with van der Waals surface area (Å²) < 4.78 is 11.0. The van der Waals surface area contributed by atoms with Crippen LogP contribution in [0.5, 0.6) is 11.5 Å². The molecule has 1 aliphatic rings. The molecule has 126 valence electrons.